The van der Waals surface area contributed by atoms with Gasteiger partial charge in [0.05, 0.1) is 12.2 Å². The van der Waals surface area contributed by atoms with E-state index in [2.05, 4.69) is 4.98 Å². The molecule has 0 unspecified atom stereocenters. The summed E-state index contributed by atoms with van der Waals surface area (Å²) < 4.78 is 4.73. The van der Waals surface area contributed by atoms with Crippen LogP contribution < -0.4 is 5.43 Å². The molecule has 0 radical (unpaired) electrons. The van der Waals surface area contributed by atoms with Crippen LogP contribution in [0.3, 0.4) is 0 Å². The lowest BCUT2D eigenvalue weighted by molar-refractivity contribution is 0.0524. The summed E-state index contributed by atoms with van der Waals surface area (Å²) in [6.07, 6.45) is 2.18. The maximum atomic E-state index is 11.8. The van der Waals surface area contributed by atoms with Crippen LogP contribution in [-0.4, -0.2) is 23.3 Å². The van der Waals surface area contributed by atoms with Crippen molar-refractivity contribution in [3.05, 3.63) is 33.2 Å². The highest BCUT2D eigenvalue weighted by atomic mass is 16.5. The number of hydrogen-bond acceptors (Lipinski definition) is 4. The predicted molar refractivity (Wildman–Crippen MR) is 55.7 cm³/mol. The highest BCUT2D eigenvalue weighted by Crippen LogP contribution is 2.16. The zero-order valence-electron chi connectivity index (χ0n) is 8.83. The molecule has 0 amide bonds. The fourth-order valence-electron chi connectivity index (χ4n) is 1.78. The first-order valence-electron chi connectivity index (χ1n) is 5.10. The average Bonchev–Trinajstić information content (AvgIpc) is 2.62. The van der Waals surface area contributed by atoms with Gasteiger partial charge in [0.1, 0.15) is 5.56 Å². The van der Waals surface area contributed by atoms with Crippen LogP contribution in [0.5, 0.6) is 0 Å². The number of aromatic amines is 1. The molecule has 0 spiro atoms. The molecule has 0 saturated carbocycles. The molecule has 0 aromatic carbocycles. The van der Waals surface area contributed by atoms with Gasteiger partial charge in [-0.2, -0.15) is 0 Å². The lowest BCUT2D eigenvalue weighted by Gasteiger charge is -2.03. The molecular weight excluding hydrogens is 210 g/mol. The molecule has 0 saturated heterocycles. The molecule has 1 aliphatic rings. The van der Waals surface area contributed by atoms with E-state index >= 15 is 0 Å². The molecule has 1 heterocycles. The monoisotopic (exact) mass is 221 g/mol. The van der Waals surface area contributed by atoms with Crippen LogP contribution in [0.25, 0.3) is 0 Å². The molecule has 1 aromatic heterocycles. The van der Waals surface area contributed by atoms with Crippen molar-refractivity contribution in [3.8, 4) is 0 Å². The average molecular weight is 221 g/mol. The number of aryl methyl sites for hydroxylation is 1. The van der Waals surface area contributed by atoms with Crippen LogP contribution in [0, 0.1) is 0 Å². The molecule has 5 nitrogen and oxygen atoms in total. The van der Waals surface area contributed by atoms with Crippen molar-refractivity contribution in [1.82, 2.24) is 4.98 Å². The third-order valence-electron chi connectivity index (χ3n) is 2.54. The van der Waals surface area contributed by atoms with Gasteiger partial charge >= 0.3 is 5.97 Å². The highest BCUT2D eigenvalue weighted by molar-refractivity contribution is 6.01. The van der Waals surface area contributed by atoms with Gasteiger partial charge in [0.15, 0.2) is 5.78 Å². The summed E-state index contributed by atoms with van der Waals surface area (Å²) in [7, 11) is 0. The van der Waals surface area contributed by atoms with Crippen LogP contribution in [0.1, 0.15) is 39.8 Å². The number of fused-ring (bicyclic) bond motifs is 1. The number of esters is 1. The van der Waals surface area contributed by atoms with Gasteiger partial charge in [-0.3, -0.25) is 9.59 Å². The first-order valence-corrected chi connectivity index (χ1v) is 5.10. The standard InChI is InChI=1S/C11H11NO4/c1-2-16-11(15)6-5-12-7-3-4-8(13)9(7)10(6)14/h5H,2-4H2,1H3,(H,12,14). The number of carbonyl (C=O) groups is 2. The summed E-state index contributed by atoms with van der Waals surface area (Å²) >= 11 is 0. The lowest BCUT2D eigenvalue weighted by Crippen LogP contribution is -2.23. The Morgan fingerprint density at radius 3 is 2.88 bits per heavy atom. The molecule has 16 heavy (non-hydrogen) atoms. The summed E-state index contributed by atoms with van der Waals surface area (Å²) in [5.41, 5.74) is 0.110. The molecule has 0 fully saturated rings. The number of ether oxygens (including phenoxy) is 1. The quantitative estimate of drug-likeness (QED) is 0.745. The second kappa shape index (κ2) is 3.92. The van der Waals surface area contributed by atoms with Crippen molar-refractivity contribution in [2.24, 2.45) is 0 Å². The lowest BCUT2D eigenvalue weighted by atomic mass is 10.1. The van der Waals surface area contributed by atoms with E-state index < -0.39 is 11.4 Å². The summed E-state index contributed by atoms with van der Waals surface area (Å²) in [6.45, 7) is 1.86. The SMILES string of the molecule is CCOC(=O)c1c[nH]c2c(c1=O)C(=O)CC2. The van der Waals surface area contributed by atoms with Gasteiger partial charge in [0.25, 0.3) is 0 Å². The Balaban J connectivity index is 2.51. The van der Waals surface area contributed by atoms with Gasteiger partial charge in [-0.25, -0.2) is 4.79 Å². The minimum absolute atomic E-state index is 0.101. The van der Waals surface area contributed by atoms with E-state index in [1.807, 2.05) is 0 Å². The van der Waals surface area contributed by atoms with Crippen LogP contribution in [0.4, 0.5) is 0 Å². The minimum Gasteiger partial charge on any atom is -0.462 e. The van der Waals surface area contributed by atoms with E-state index in [4.69, 9.17) is 4.74 Å². The summed E-state index contributed by atoms with van der Waals surface area (Å²) in [5.74, 6) is -0.895. The van der Waals surface area contributed by atoms with Crippen LogP contribution >= 0.6 is 0 Å². The number of H-pyrrole nitrogens is 1. The maximum absolute atomic E-state index is 11.8. The number of ketones is 1. The number of Topliss-reactive ketones (excluding diaryl/α,β-unsaturated/α-hetero) is 1. The minimum atomic E-state index is -0.689. The normalized spacial score (nSPS) is 13.7. The molecule has 84 valence electrons. The maximum Gasteiger partial charge on any atom is 0.343 e. The number of nitrogens with one attached hydrogen (secondary N) is 1. The molecule has 1 aliphatic carbocycles. The van der Waals surface area contributed by atoms with Crippen LogP contribution in [-0.2, 0) is 11.2 Å². The van der Waals surface area contributed by atoms with E-state index in [-0.39, 0.29) is 23.5 Å². The molecule has 1 aromatic rings. The van der Waals surface area contributed by atoms with Gasteiger partial charge in [0.2, 0.25) is 5.43 Å². The topological polar surface area (TPSA) is 76.2 Å². The van der Waals surface area contributed by atoms with Crippen molar-refractivity contribution in [2.75, 3.05) is 6.61 Å². The Hall–Kier alpha value is -1.91. The number of aromatic nitrogens is 1. The Morgan fingerprint density at radius 2 is 2.19 bits per heavy atom. The van der Waals surface area contributed by atoms with E-state index in [1.165, 1.54) is 6.20 Å². The highest BCUT2D eigenvalue weighted by Gasteiger charge is 2.26. The van der Waals surface area contributed by atoms with Crippen molar-refractivity contribution < 1.29 is 14.3 Å². The number of carbonyl (C=O) groups excluding carboxylic acids is 2. The first kappa shape index (κ1) is 10.6. The van der Waals surface area contributed by atoms with E-state index in [1.54, 1.807) is 6.92 Å². The van der Waals surface area contributed by atoms with E-state index in [0.717, 1.165) is 0 Å². The van der Waals surface area contributed by atoms with Crippen molar-refractivity contribution >= 4 is 11.8 Å². The fourth-order valence-corrected chi connectivity index (χ4v) is 1.78. The summed E-state index contributed by atoms with van der Waals surface area (Å²) in [6, 6.07) is 0. The summed E-state index contributed by atoms with van der Waals surface area (Å²) in [4.78, 5) is 37.5. The molecule has 1 N–H and O–H groups in total. The molecule has 5 heteroatoms. The molecule has 0 aliphatic heterocycles. The number of hydrogen-bond donors (Lipinski definition) is 1. The molecule has 2 rings (SSSR count). The zero-order valence-corrected chi connectivity index (χ0v) is 8.83. The van der Waals surface area contributed by atoms with E-state index in [0.29, 0.717) is 18.5 Å². The van der Waals surface area contributed by atoms with Crippen molar-refractivity contribution in [1.29, 1.82) is 0 Å². The van der Waals surface area contributed by atoms with Gasteiger partial charge in [-0.15, -0.1) is 0 Å². The Bertz CT molecular complexity index is 515. The van der Waals surface area contributed by atoms with Gasteiger partial charge in [-0.1, -0.05) is 0 Å². The van der Waals surface area contributed by atoms with E-state index in [9.17, 15) is 14.4 Å². The van der Waals surface area contributed by atoms with Gasteiger partial charge in [-0.05, 0) is 13.3 Å². The number of rotatable bonds is 2. The Kier molecular flexibility index (Phi) is 2.60. The van der Waals surface area contributed by atoms with Crippen molar-refractivity contribution in [3.63, 3.8) is 0 Å². The fraction of sp³-hybridized carbons (Fsp3) is 0.364. The first-order chi connectivity index (χ1) is 7.65. The van der Waals surface area contributed by atoms with Crippen LogP contribution in [0.15, 0.2) is 11.0 Å². The molecular formula is C11H11NO4. The number of pyridine rings is 1. The van der Waals surface area contributed by atoms with Gasteiger partial charge in [0, 0.05) is 18.3 Å². The zero-order chi connectivity index (χ0) is 11.7. The largest absolute Gasteiger partial charge is 0.462 e. The molecule has 0 bridgehead atoms. The third kappa shape index (κ3) is 1.54. The molecule has 0 atom stereocenters. The second-order valence-electron chi connectivity index (χ2n) is 3.53. The Morgan fingerprint density at radius 1 is 1.44 bits per heavy atom. The second-order valence-corrected chi connectivity index (χ2v) is 3.53. The smallest absolute Gasteiger partial charge is 0.343 e. The Labute approximate surface area is 91.4 Å². The summed E-state index contributed by atoms with van der Waals surface area (Å²) in [5, 5.41) is 0. The predicted octanol–water partition coefficient (Wildman–Crippen LogP) is 0.681. The van der Waals surface area contributed by atoms with Crippen LogP contribution in [0.2, 0.25) is 0 Å². The third-order valence-corrected chi connectivity index (χ3v) is 2.54. The van der Waals surface area contributed by atoms with Crippen molar-refractivity contribution in [2.45, 2.75) is 19.8 Å². The van der Waals surface area contributed by atoms with Gasteiger partial charge < -0.3 is 9.72 Å².